The second-order valence-electron chi connectivity index (χ2n) is 4.83. The van der Waals surface area contributed by atoms with E-state index in [1.54, 1.807) is 14.2 Å². The average Bonchev–Trinajstić information content (AvgIpc) is 2.43. The van der Waals surface area contributed by atoms with Crippen LogP contribution in [0, 0.1) is 0 Å². The highest BCUT2D eigenvalue weighted by Crippen LogP contribution is 2.28. The van der Waals surface area contributed by atoms with Crippen molar-refractivity contribution >= 4 is 17.3 Å². The van der Waals surface area contributed by atoms with Crippen LogP contribution in [-0.2, 0) is 9.47 Å². The van der Waals surface area contributed by atoms with Crippen molar-refractivity contribution < 1.29 is 9.47 Å². The number of hydrogen-bond donors (Lipinski definition) is 1. The fraction of sp³-hybridized carbons (Fsp3) is 0.600. The van der Waals surface area contributed by atoms with Crippen LogP contribution in [0.15, 0.2) is 18.2 Å². The Bertz CT molecular complexity index is 399. The van der Waals surface area contributed by atoms with E-state index < -0.39 is 0 Å². The van der Waals surface area contributed by atoms with Crippen molar-refractivity contribution in [2.24, 2.45) is 5.73 Å². The molecule has 0 radical (unpaired) electrons. The molecule has 0 bridgehead atoms. The molecule has 0 saturated carbocycles. The van der Waals surface area contributed by atoms with E-state index in [0.717, 1.165) is 42.4 Å². The fourth-order valence-corrected chi connectivity index (χ4v) is 2.33. The third kappa shape index (κ3) is 5.29. The molecule has 1 aromatic carbocycles. The number of hydrogen-bond acceptors (Lipinski definition) is 4. The molecule has 1 atom stereocenters. The second-order valence-corrected chi connectivity index (χ2v) is 5.23. The summed E-state index contributed by atoms with van der Waals surface area (Å²) in [6.45, 7) is 5.04. The third-order valence-corrected chi connectivity index (χ3v) is 3.48. The van der Waals surface area contributed by atoms with Gasteiger partial charge in [-0.2, -0.15) is 0 Å². The van der Waals surface area contributed by atoms with E-state index in [2.05, 4.69) is 4.90 Å². The molecule has 0 spiro atoms. The number of methoxy groups -OCH3 is 2. The maximum absolute atomic E-state index is 6.39. The maximum atomic E-state index is 6.39. The minimum atomic E-state index is -0.0116. The first-order chi connectivity index (χ1) is 9.60. The molecular weight excluding hydrogens is 276 g/mol. The molecule has 0 aliphatic heterocycles. The van der Waals surface area contributed by atoms with Crippen molar-refractivity contribution in [2.45, 2.75) is 19.4 Å². The highest BCUT2D eigenvalue weighted by molar-refractivity contribution is 6.33. The van der Waals surface area contributed by atoms with E-state index >= 15 is 0 Å². The van der Waals surface area contributed by atoms with Crippen LogP contribution in [0.2, 0.25) is 5.02 Å². The summed E-state index contributed by atoms with van der Waals surface area (Å²) in [5.41, 5.74) is 7.94. The predicted octanol–water partition coefficient (Wildman–Crippen LogP) is 2.85. The predicted molar refractivity (Wildman–Crippen MR) is 84.6 cm³/mol. The number of benzene rings is 1. The number of rotatable bonds is 9. The Hall–Kier alpha value is -0.810. The Morgan fingerprint density at radius 1 is 1.20 bits per heavy atom. The highest BCUT2D eigenvalue weighted by Gasteiger charge is 2.12. The minimum absolute atomic E-state index is 0.0116. The van der Waals surface area contributed by atoms with E-state index in [4.69, 9.17) is 26.8 Å². The van der Waals surface area contributed by atoms with Crippen molar-refractivity contribution in [2.75, 3.05) is 45.4 Å². The van der Waals surface area contributed by atoms with E-state index in [1.807, 2.05) is 25.1 Å². The largest absolute Gasteiger partial charge is 0.385 e. The molecular formula is C15H25ClN2O2. The van der Waals surface area contributed by atoms with Crippen molar-refractivity contribution in [3.8, 4) is 0 Å². The van der Waals surface area contributed by atoms with Gasteiger partial charge >= 0.3 is 0 Å². The number of anilines is 1. The van der Waals surface area contributed by atoms with Gasteiger partial charge in [0.1, 0.15) is 0 Å². The zero-order chi connectivity index (χ0) is 15.0. The fourth-order valence-electron chi connectivity index (χ4n) is 2.02. The van der Waals surface area contributed by atoms with Crippen LogP contribution in [0.5, 0.6) is 0 Å². The molecule has 1 aromatic rings. The van der Waals surface area contributed by atoms with Crippen molar-refractivity contribution in [1.29, 1.82) is 0 Å². The molecule has 0 aliphatic rings. The zero-order valence-corrected chi connectivity index (χ0v) is 13.3. The van der Waals surface area contributed by atoms with Gasteiger partial charge in [-0.25, -0.2) is 0 Å². The second kappa shape index (κ2) is 9.19. The number of ether oxygens (including phenoxy) is 2. The van der Waals surface area contributed by atoms with Crippen LogP contribution < -0.4 is 10.6 Å². The molecule has 1 rings (SSSR count). The van der Waals surface area contributed by atoms with Gasteiger partial charge in [0, 0.05) is 40.0 Å². The summed E-state index contributed by atoms with van der Waals surface area (Å²) >= 11 is 6.39. The maximum Gasteiger partial charge on any atom is 0.0642 e. The standard InChI is InChI=1S/C15H25ClN2O2/c1-12(17)13-5-6-15(14(16)11-13)18(8-10-20-3)7-4-9-19-2/h5-6,11-12H,4,7-10,17H2,1-3H3/t12-/m0/s1. The smallest absolute Gasteiger partial charge is 0.0642 e. The number of halogens is 1. The van der Waals surface area contributed by atoms with Gasteiger partial charge in [-0.1, -0.05) is 17.7 Å². The van der Waals surface area contributed by atoms with Crippen LogP contribution in [-0.4, -0.2) is 40.5 Å². The monoisotopic (exact) mass is 300 g/mol. The molecule has 0 amide bonds. The Morgan fingerprint density at radius 2 is 1.90 bits per heavy atom. The number of nitrogens with two attached hydrogens (primary N) is 1. The topological polar surface area (TPSA) is 47.7 Å². The van der Waals surface area contributed by atoms with Crippen molar-refractivity contribution in [3.05, 3.63) is 28.8 Å². The lowest BCUT2D eigenvalue weighted by Crippen LogP contribution is -2.29. The molecule has 0 aromatic heterocycles. The normalized spacial score (nSPS) is 12.4. The molecule has 0 fully saturated rings. The molecule has 4 nitrogen and oxygen atoms in total. The molecule has 20 heavy (non-hydrogen) atoms. The Labute approximate surface area is 126 Å². The van der Waals surface area contributed by atoms with Crippen LogP contribution >= 0.6 is 11.6 Å². The quantitative estimate of drug-likeness (QED) is 0.713. The average molecular weight is 301 g/mol. The van der Waals surface area contributed by atoms with Crippen LogP contribution in [0.25, 0.3) is 0 Å². The van der Waals surface area contributed by atoms with Gasteiger partial charge in [-0.05, 0) is 31.0 Å². The first kappa shape index (κ1) is 17.2. The van der Waals surface area contributed by atoms with Crippen LogP contribution in [0.1, 0.15) is 24.9 Å². The Morgan fingerprint density at radius 3 is 2.45 bits per heavy atom. The first-order valence-corrected chi connectivity index (χ1v) is 7.25. The summed E-state index contributed by atoms with van der Waals surface area (Å²) in [4.78, 5) is 2.22. The van der Waals surface area contributed by atoms with Gasteiger partial charge in [0.25, 0.3) is 0 Å². The van der Waals surface area contributed by atoms with E-state index in [0.29, 0.717) is 6.61 Å². The van der Waals surface area contributed by atoms with E-state index in [9.17, 15) is 0 Å². The summed E-state index contributed by atoms with van der Waals surface area (Å²) in [5.74, 6) is 0. The zero-order valence-electron chi connectivity index (χ0n) is 12.6. The lowest BCUT2D eigenvalue weighted by Gasteiger charge is -2.26. The van der Waals surface area contributed by atoms with Gasteiger partial charge < -0.3 is 20.1 Å². The molecule has 5 heteroatoms. The third-order valence-electron chi connectivity index (χ3n) is 3.18. The summed E-state index contributed by atoms with van der Waals surface area (Å²) in [7, 11) is 3.41. The molecule has 0 aliphatic carbocycles. The van der Waals surface area contributed by atoms with Crippen LogP contribution in [0.4, 0.5) is 5.69 Å². The minimum Gasteiger partial charge on any atom is -0.385 e. The summed E-state index contributed by atoms with van der Waals surface area (Å²) < 4.78 is 10.3. The first-order valence-electron chi connectivity index (χ1n) is 6.88. The lowest BCUT2D eigenvalue weighted by atomic mass is 10.1. The van der Waals surface area contributed by atoms with E-state index in [1.165, 1.54) is 0 Å². The SMILES string of the molecule is COCCCN(CCOC)c1ccc([C@H](C)N)cc1Cl. The van der Waals surface area contributed by atoms with Gasteiger partial charge in [-0.3, -0.25) is 0 Å². The van der Waals surface area contributed by atoms with Gasteiger partial charge in [-0.15, -0.1) is 0 Å². The Kier molecular flexibility index (Phi) is 7.92. The highest BCUT2D eigenvalue weighted by atomic mass is 35.5. The molecule has 114 valence electrons. The van der Waals surface area contributed by atoms with Crippen molar-refractivity contribution in [3.63, 3.8) is 0 Å². The van der Waals surface area contributed by atoms with Crippen molar-refractivity contribution in [1.82, 2.24) is 0 Å². The summed E-state index contributed by atoms with van der Waals surface area (Å²) in [6, 6.07) is 5.99. The van der Waals surface area contributed by atoms with Gasteiger partial charge in [0.15, 0.2) is 0 Å². The molecule has 0 saturated heterocycles. The molecule has 0 heterocycles. The summed E-state index contributed by atoms with van der Waals surface area (Å²) in [6.07, 6.45) is 0.950. The van der Waals surface area contributed by atoms with Gasteiger partial charge in [0.05, 0.1) is 17.3 Å². The van der Waals surface area contributed by atoms with Gasteiger partial charge in [0.2, 0.25) is 0 Å². The molecule has 0 unspecified atom stereocenters. The summed E-state index contributed by atoms with van der Waals surface area (Å²) in [5, 5.41) is 0.730. The lowest BCUT2D eigenvalue weighted by molar-refractivity contribution is 0.191. The van der Waals surface area contributed by atoms with E-state index in [-0.39, 0.29) is 6.04 Å². The van der Waals surface area contributed by atoms with Crippen LogP contribution in [0.3, 0.4) is 0 Å². The Balaban J connectivity index is 2.82. The molecule has 2 N–H and O–H groups in total. The number of nitrogens with zero attached hydrogens (tertiary/aromatic N) is 1.